The van der Waals surface area contributed by atoms with E-state index in [4.69, 9.17) is 0 Å². The number of carbonyl (C=O) groups excluding carboxylic acids is 1. The lowest BCUT2D eigenvalue weighted by Crippen LogP contribution is -2.30. The van der Waals surface area contributed by atoms with Crippen molar-refractivity contribution in [2.24, 2.45) is 7.05 Å². The molecule has 0 radical (unpaired) electrons. The third-order valence-corrected chi connectivity index (χ3v) is 2.69. The van der Waals surface area contributed by atoms with Gasteiger partial charge in [-0.15, -0.1) is 0 Å². The largest absolute Gasteiger partial charge is 0.318 e. The van der Waals surface area contributed by atoms with Crippen molar-refractivity contribution >= 4 is 11.6 Å². The zero-order valence-electron chi connectivity index (χ0n) is 10.8. The maximum absolute atomic E-state index is 11.9. The second-order valence-corrected chi connectivity index (χ2v) is 4.32. The number of nitrogens with zero attached hydrogens (tertiary/aromatic N) is 1. The van der Waals surface area contributed by atoms with Gasteiger partial charge in [0.1, 0.15) is 0 Å². The van der Waals surface area contributed by atoms with E-state index in [1.165, 1.54) is 22.9 Å². The van der Waals surface area contributed by atoms with E-state index in [-0.39, 0.29) is 11.5 Å². The smallest absolute Gasteiger partial charge is 0.271 e. The molecule has 0 aliphatic rings. The molecule has 1 aromatic carbocycles. The molecule has 98 valence electrons. The molecule has 0 bridgehead atoms. The van der Waals surface area contributed by atoms with Gasteiger partial charge in [-0.25, -0.2) is 0 Å². The van der Waals surface area contributed by atoms with Crippen molar-refractivity contribution in [3.63, 3.8) is 0 Å². The van der Waals surface area contributed by atoms with Gasteiger partial charge in [0.15, 0.2) is 0 Å². The van der Waals surface area contributed by atoms with Crippen molar-refractivity contribution < 1.29 is 4.79 Å². The van der Waals surface area contributed by atoms with Gasteiger partial charge in [0.05, 0.1) is 11.3 Å². The quantitative estimate of drug-likeness (QED) is 0.818. The Kier molecular flexibility index (Phi) is 3.66. The molecule has 19 heavy (non-hydrogen) atoms. The van der Waals surface area contributed by atoms with Gasteiger partial charge in [0, 0.05) is 19.3 Å². The van der Waals surface area contributed by atoms with E-state index in [2.05, 4.69) is 10.9 Å². The fourth-order valence-corrected chi connectivity index (χ4v) is 1.65. The molecule has 0 aliphatic carbocycles. The minimum absolute atomic E-state index is 0.150. The van der Waals surface area contributed by atoms with Crippen LogP contribution in [0.25, 0.3) is 0 Å². The summed E-state index contributed by atoms with van der Waals surface area (Å²) in [5.41, 5.74) is 7.59. The number of pyridine rings is 1. The van der Waals surface area contributed by atoms with Gasteiger partial charge in [-0.3, -0.25) is 20.4 Å². The van der Waals surface area contributed by atoms with Crippen molar-refractivity contribution in [3.8, 4) is 0 Å². The molecular weight excluding hydrogens is 242 g/mol. The Morgan fingerprint density at radius 1 is 1.21 bits per heavy atom. The van der Waals surface area contributed by atoms with Gasteiger partial charge >= 0.3 is 0 Å². The molecule has 2 rings (SSSR count). The van der Waals surface area contributed by atoms with Crippen LogP contribution in [-0.4, -0.2) is 10.5 Å². The third kappa shape index (κ3) is 3.22. The number of anilines is 1. The molecule has 0 saturated carbocycles. The summed E-state index contributed by atoms with van der Waals surface area (Å²) in [5, 5.41) is 0. The van der Waals surface area contributed by atoms with Crippen molar-refractivity contribution in [2.75, 3.05) is 5.43 Å². The normalized spacial score (nSPS) is 10.0. The Labute approximate surface area is 110 Å². The molecule has 0 saturated heterocycles. The summed E-state index contributed by atoms with van der Waals surface area (Å²) in [6.45, 7) is 1.97. The molecule has 1 heterocycles. The standard InChI is InChI=1S/C14H15N3O2/c1-10-4-3-5-12(8-10)15-16-14(19)11-6-7-13(18)17(2)9-11/h3-9,15H,1-2H3,(H,16,19). The Balaban J connectivity index is 2.05. The van der Waals surface area contributed by atoms with Crippen LogP contribution in [0.3, 0.4) is 0 Å². The number of rotatable bonds is 3. The number of hydrogen-bond acceptors (Lipinski definition) is 3. The molecule has 1 amide bonds. The molecule has 0 atom stereocenters. The van der Waals surface area contributed by atoms with Gasteiger partial charge in [-0.2, -0.15) is 0 Å². The summed E-state index contributed by atoms with van der Waals surface area (Å²) in [6.07, 6.45) is 1.50. The highest BCUT2D eigenvalue weighted by Gasteiger charge is 2.05. The molecule has 0 aliphatic heterocycles. The van der Waals surface area contributed by atoms with E-state index in [1.54, 1.807) is 7.05 Å². The van der Waals surface area contributed by atoms with Crippen LogP contribution < -0.4 is 16.4 Å². The Bertz CT molecular complexity index is 662. The number of carbonyl (C=O) groups is 1. The first-order valence-corrected chi connectivity index (χ1v) is 5.86. The maximum atomic E-state index is 11.9. The lowest BCUT2D eigenvalue weighted by atomic mass is 10.2. The molecular formula is C14H15N3O2. The summed E-state index contributed by atoms with van der Waals surface area (Å²) >= 11 is 0. The second kappa shape index (κ2) is 5.39. The average Bonchev–Trinajstić information content (AvgIpc) is 2.39. The van der Waals surface area contributed by atoms with Gasteiger partial charge in [0.2, 0.25) is 5.56 Å². The minimum Gasteiger partial charge on any atom is -0.318 e. The SMILES string of the molecule is Cc1cccc(NNC(=O)c2ccc(=O)n(C)c2)c1. The molecule has 2 aromatic rings. The van der Waals surface area contributed by atoms with Gasteiger partial charge < -0.3 is 4.57 Å². The summed E-state index contributed by atoms with van der Waals surface area (Å²) < 4.78 is 1.36. The first-order chi connectivity index (χ1) is 9.06. The number of aromatic nitrogens is 1. The van der Waals surface area contributed by atoms with Gasteiger partial charge in [-0.1, -0.05) is 12.1 Å². The van der Waals surface area contributed by atoms with Crippen molar-refractivity contribution in [3.05, 3.63) is 64.1 Å². The highest BCUT2D eigenvalue weighted by Crippen LogP contribution is 2.08. The fourth-order valence-electron chi connectivity index (χ4n) is 1.65. The topological polar surface area (TPSA) is 63.1 Å². The summed E-state index contributed by atoms with van der Waals surface area (Å²) in [7, 11) is 1.60. The number of nitrogens with one attached hydrogen (secondary N) is 2. The Morgan fingerprint density at radius 3 is 2.68 bits per heavy atom. The lowest BCUT2D eigenvalue weighted by Gasteiger charge is -2.09. The van der Waals surface area contributed by atoms with Crippen molar-refractivity contribution in [1.82, 2.24) is 9.99 Å². The highest BCUT2D eigenvalue weighted by molar-refractivity contribution is 5.94. The van der Waals surface area contributed by atoms with E-state index in [1.807, 2.05) is 31.2 Å². The first-order valence-electron chi connectivity index (χ1n) is 5.86. The second-order valence-electron chi connectivity index (χ2n) is 4.32. The van der Waals surface area contributed by atoms with Crippen LogP contribution in [0.1, 0.15) is 15.9 Å². The minimum atomic E-state index is -0.294. The van der Waals surface area contributed by atoms with Crippen LogP contribution >= 0.6 is 0 Å². The van der Waals surface area contributed by atoms with Crippen LogP contribution in [0.2, 0.25) is 0 Å². The number of aryl methyl sites for hydroxylation is 2. The predicted molar refractivity (Wildman–Crippen MR) is 74.0 cm³/mol. The average molecular weight is 257 g/mol. The first kappa shape index (κ1) is 12.9. The molecule has 5 heteroatoms. The Morgan fingerprint density at radius 2 is 2.00 bits per heavy atom. The van der Waals surface area contributed by atoms with E-state index in [0.717, 1.165) is 11.3 Å². The van der Waals surface area contributed by atoms with E-state index < -0.39 is 0 Å². The van der Waals surface area contributed by atoms with Gasteiger partial charge in [-0.05, 0) is 30.7 Å². The fraction of sp³-hybridized carbons (Fsp3) is 0.143. The summed E-state index contributed by atoms with van der Waals surface area (Å²) in [6, 6.07) is 10.5. The van der Waals surface area contributed by atoms with Crippen molar-refractivity contribution in [2.45, 2.75) is 6.92 Å². The number of hydrazine groups is 1. The zero-order valence-corrected chi connectivity index (χ0v) is 10.8. The van der Waals surface area contributed by atoms with E-state index in [0.29, 0.717) is 5.56 Å². The molecule has 2 N–H and O–H groups in total. The third-order valence-electron chi connectivity index (χ3n) is 2.69. The van der Waals surface area contributed by atoms with Crippen LogP contribution in [0.4, 0.5) is 5.69 Å². The van der Waals surface area contributed by atoms with Gasteiger partial charge in [0.25, 0.3) is 5.91 Å². The lowest BCUT2D eigenvalue weighted by molar-refractivity contribution is 0.0962. The maximum Gasteiger partial charge on any atom is 0.271 e. The van der Waals surface area contributed by atoms with Crippen LogP contribution in [0, 0.1) is 6.92 Å². The molecule has 0 unspecified atom stereocenters. The summed E-state index contributed by atoms with van der Waals surface area (Å²) in [5.74, 6) is -0.294. The molecule has 0 spiro atoms. The molecule has 0 fully saturated rings. The predicted octanol–water partition coefficient (Wildman–Crippen LogP) is 1.45. The highest BCUT2D eigenvalue weighted by atomic mass is 16.2. The monoisotopic (exact) mass is 257 g/mol. The zero-order chi connectivity index (χ0) is 13.8. The number of hydrogen-bond donors (Lipinski definition) is 2. The Hall–Kier alpha value is -2.56. The van der Waals surface area contributed by atoms with Crippen LogP contribution in [-0.2, 0) is 7.05 Å². The number of amides is 1. The molecule has 1 aromatic heterocycles. The van der Waals surface area contributed by atoms with Crippen LogP contribution in [0.5, 0.6) is 0 Å². The number of benzene rings is 1. The van der Waals surface area contributed by atoms with E-state index >= 15 is 0 Å². The van der Waals surface area contributed by atoms with Crippen molar-refractivity contribution in [1.29, 1.82) is 0 Å². The van der Waals surface area contributed by atoms with Crippen LogP contribution in [0.15, 0.2) is 47.4 Å². The molecule has 5 nitrogen and oxygen atoms in total. The summed E-state index contributed by atoms with van der Waals surface area (Å²) in [4.78, 5) is 23.1. The van der Waals surface area contributed by atoms with E-state index in [9.17, 15) is 9.59 Å².